The molecule has 0 aliphatic heterocycles. The van der Waals surface area contributed by atoms with Crippen molar-refractivity contribution in [1.29, 1.82) is 0 Å². The van der Waals surface area contributed by atoms with E-state index < -0.39 is 0 Å². The van der Waals surface area contributed by atoms with Crippen LogP contribution in [0.15, 0.2) is 32.9 Å². The lowest BCUT2D eigenvalue weighted by atomic mass is 10.2. The SMILES string of the molecule is CSc1nnc(SCCOc2cccc(C(=O)NN)c2)s1. The van der Waals surface area contributed by atoms with E-state index in [1.807, 2.05) is 6.26 Å². The zero-order valence-corrected chi connectivity index (χ0v) is 13.7. The molecule has 2 aromatic rings. The van der Waals surface area contributed by atoms with Gasteiger partial charge in [0.2, 0.25) is 0 Å². The van der Waals surface area contributed by atoms with Crippen LogP contribution < -0.4 is 16.0 Å². The molecule has 1 aromatic heterocycles. The summed E-state index contributed by atoms with van der Waals surface area (Å²) in [5.41, 5.74) is 2.56. The number of hydrazine groups is 1. The van der Waals surface area contributed by atoms with Crippen molar-refractivity contribution in [3.63, 3.8) is 0 Å². The number of nitrogen functional groups attached to an aromatic ring is 1. The Morgan fingerprint density at radius 2 is 2.24 bits per heavy atom. The second-order valence-corrected chi connectivity index (χ2v) is 7.11. The third kappa shape index (κ3) is 4.88. The molecule has 0 bridgehead atoms. The lowest BCUT2D eigenvalue weighted by Crippen LogP contribution is -2.29. The Labute approximate surface area is 134 Å². The van der Waals surface area contributed by atoms with Crippen molar-refractivity contribution < 1.29 is 9.53 Å². The van der Waals surface area contributed by atoms with Crippen molar-refractivity contribution in [1.82, 2.24) is 15.6 Å². The van der Waals surface area contributed by atoms with Gasteiger partial charge in [-0.3, -0.25) is 10.2 Å². The van der Waals surface area contributed by atoms with Gasteiger partial charge in [-0.25, -0.2) is 5.84 Å². The van der Waals surface area contributed by atoms with E-state index in [9.17, 15) is 4.79 Å². The molecule has 9 heteroatoms. The first-order chi connectivity index (χ1) is 10.2. The van der Waals surface area contributed by atoms with Gasteiger partial charge in [0.25, 0.3) is 5.91 Å². The molecule has 2 rings (SSSR count). The molecule has 0 aliphatic rings. The summed E-state index contributed by atoms with van der Waals surface area (Å²) in [7, 11) is 0. The first-order valence-electron chi connectivity index (χ1n) is 5.97. The van der Waals surface area contributed by atoms with Crippen LogP contribution in [0.25, 0.3) is 0 Å². The number of nitrogens with two attached hydrogens (primary N) is 1. The Morgan fingerprint density at radius 1 is 1.43 bits per heavy atom. The monoisotopic (exact) mass is 342 g/mol. The molecule has 0 unspecified atom stereocenters. The smallest absolute Gasteiger partial charge is 0.265 e. The van der Waals surface area contributed by atoms with Gasteiger partial charge < -0.3 is 4.74 Å². The molecule has 1 heterocycles. The molecule has 1 amide bonds. The number of hydrogen-bond donors (Lipinski definition) is 2. The predicted octanol–water partition coefficient (Wildman–Crippen LogP) is 2.03. The molecule has 0 saturated carbocycles. The number of rotatable bonds is 7. The number of benzene rings is 1. The first-order valence-corrected chi connectivity index (χ1v) is 8.99. The summed E-state index contributed by atoms with van der Waals surface area (Å²) < 4.78 is 7.49. The van der Waals surface area contributed by atoms with Gasteiger partial charge in [0.05, 0.1) is 6.61 Å². The number of carbonyl (C=O) groups excluding carboxylic acids is 1. The van der Waals surface area contributed by atoms with Gasteiger partial charge in [0.1, 0.15) is 5.75 Å². The minimum absolute atomic E-state index is 0.340. The standard InChI is InChI=1S/C12H14N4O2S3/c1-19-11-15-16-12(21-11)20-6-5-18-9-4-2-3-8(7-9)10(17)14-13/h2-4,7H,5-6,13H2,1H3,(H,14,17). The van der Waals surface area contributed by atoms with Gasteiger partial charge in [0, 0.05) is 11.3 Å². The van der Waals surface area contributed by atoms with Crippen LogP contribution in [0.4, 0.5) is 0 Å². The normalized spacial score (nSPS) is 10.4. The molecule has 6 nitrogen and oxygen atoms in total. The molecular formula is C12H14N4O2S3. The second-order valence-electron chi connectivity index (χ2n) is 3.74. The van der Waals surface area contributed by atoms with Crippen LogP contribution in [0.3, 0.4) is 0 Å². The number of carbonyl (C=O) groups is 1. The Morgan fingerprint density at radius 3 is 2.95 bits per heavy atom. The summed E-state index contributed by atoms with van der Waals surface area (Å²) in [6.07, 6.45) is 1.97. The first kappa shape index (κ1) is 16.1. The average Bonchev–Trinajstić information content (AvgIpc) is 2.99. The summed E-state index contributed by atoms with van der Waals surface area (Å²) in [5.74, 6) is 6.15. The second kappa shape index (κ2) is 8.23. The Kier molecular flexibility index (Phi) is 6.30. The van der Waals surface area contributed by atoms with Crippen LogP contribution >= 0.6 is 34.9 Å². The number of nitrogens with zero attached hydrogens (tertiary/aromatic N) is 2. The Hall–Kier alpha value is -1.29. The minimum Gasteiger partial charge on any atom is -0.493 e. The van der Waals surface area contributed by atoms with E-state index in [1.165, 1.54) is 0 Å². The fourth-order valence-electron chi connectivity index (χ4n) is 1.44. The number of hydrogen-bond acceptors (Lipinski definition) is 8. The molecule has 112 valence electrons. The van der Waals surface area contributed by atoms with Crippen LogP contribution in [0.1, 0.15) is 10.4 Å². The maximum atomic E-state index is 11.4. The highest BCUT2D eigenvalue weighted by Crippen LogP contribution is 2.27. The maximum absolute atomic E-state index is 11.4. The molecule has 21 heavy (non-hydrogen) atoms. The maximum Gasteiger partial charge on any atom is 0.265 e. The van der Waals surface area contributed by atoms with Crippen molar-refractivity contribution >= 4 is 40.8 Å². The number of aromatic nitrogens is 2. The van der Waals surface area contributed by atoms with Crippen LogP contribution in [-0.4, -0.2) is 34.7 Å². The molecule has 0 radical (unpaired) electrons. The van der Waals surface area contributed by atoms with Crippen LogP contribution in [0, 0.1) is 0 Å². The van der Waals surface area contributed by atoms with E-state index in [0.717, 1.165) is 14.4 Å². The lowest BCUT2D eigenvalue weighted by Gasteiger charge is -2.06. The third-order valence-corrected chi connectivity index (χ3v) is 5.36. The van der Waals surface area contributed by atoms with Crippen molar-refractivity contribution in [3.8, 4) is 5.75 Å². The van der Waals surface area contributed by atoms with Crippen LogP contribution in [0.5, 0.6) is 5.75 Å². The van der Waals surface area contributed by atoms with E-state index in [1.54, 1.807) is 59.1 Å². The Bertz CT molecular complexity index is 606. The molecule has 0 saturated heterocycles. The lowest BCUT2D eigenvalue weighted by molar-refractivity contribution is 0.0953. The van der Waals surface area contributed by atoms with Gasteiger partial charge >= 0.3 is 0 Å². The van der Waals surface area contributed by atoms with E-state index in [2.05, 4.69) is 15.6 Å². The summed E-state index contributed by atoms with van der Waals surface area (Å²) in [4.78, 5) is 11.4. The summed E-state index contributed by atoms with van der Waals surface area (Å²) >= 11 is 4.75. The zero-order valence-electron chi connectivity index (χ0n) is 11.2. The van der Waals surface area contributed by atoms with E-state index in [4.69, 9.17) is 10.6 Å². The van der Waals surface area contributed by atoms with Gasteiger partial charge in [-0.05, 0) is 24.5 Å². The molecule has 0 fully saturated rings. The quantitative estimate of drug-likeness (QED) is 0.262. The highest BCUT2D eigenvalue weighted by atomic mass is 32.2. The number of nitrogens with one attached hydrogen (secondary N) is 1. The fraction of sp³-hybridized carbons (Fsp3) is 0.250. The summed E-state index contributed by atoms with van der Waals surface area (Å²) in [5, 5.41) is 8.09. The number of thioether (sulfide) groups is 2. The van der Waals surface area contributed by atoms with Gasteiger partial charge in [-0.1, -0.05) is 40.9 Å². The molecule has 1 aromatic carbocycles. The molecule has 0 aliphatic carbocycles. The summed E-state index contributed by atoms with van der Waals surface area (Å²) in [6, 6.07) is 6.88. The molecule has 0 spiro atoms. The number of ether oxygens (including phenoxy) is 1. The largest absolute Gasteiger partial charge is 0.493 e. The number of amides is 1. The van der Waals surface area contributed by atoms with E-state index >= 15 is 0 Å². The van der Waals surface area contributed by atoms with Crippen LogP contribution in [-0.2, 0) is 0 Å². The predicted molar refractivity (Wildman–Crippen MR) is 86.0 cm³/mol. The zero-order chi connectivity index (χ0) is 15.1. The van der Waals surface area contributed by atoms with Crippen molar-refractivity contribution in [3.05, 3.63) is 29.8 Å². The van der Waals surface area contributed by atoms with E-state index in [-0.39, 0.29) is 5.91 Å². The van der Waals surface area contributed by atoms with Gasteiger partial charge in [-0.2, -0.15) is 0 Å². The highest BCUT2D eigenvalue weighted by molar-refractivity contribution is 8.02. The van der Waals surface area contributed by atoms with Gasteiger partial charge in [0.15, 0.2) is 8.68 Å². The third-order valence-electron chi connectivity index (χ3n) is 2.37. The summed E-state index contributed by atoms with van der Waals surface area (Å²) in [6.45, 7) is 0.520. The Balaban J connectivity index is 1.79. The molecular weight excluding hydrogens is 328 g/mol. The van der Waals surface area contributed by atoms with Crippen molar-refractivity contribution in [2.75, 3.05) is 18.6 Å². The average molecular weight is 342 g/mol. The van der Waals surface area contributed by atoms with Crippen molar-refractivity contribution in [2.45, 2.75) is 8.68 Å². The highest BCUT2D eigenvalue weighted by Gasteiger charge is 2.06. The minimum atomic E-state index is -0.340. The van der Waals surface area contributed by atoms with Crippen molar-refractivity contribution in [2.24, 2.45) is 5.84 Å². The molecule has 0 atom stereocenters. The van der Waals surface area contributed by atoms with Crippen LogP contribution in [0.2, 0.25) is 0 Å². The van der Waals surface area contributed by atoms with E-state index in [0.29, 0.717) is 17.9 Å². The fourth-order valence-corrected chi connectivity index (χ4v) is 3.76. The van der Waals surface area contributed by atoms with Gasteiger partial charge in [-0.15, -0.1) is 10.2 Å². The molecule has 3 N–H and O–H groups in total. The topological polar surface area (TPSA) is 90.1 Å².